The maximum absolute atomic E-state index is 12.1. The number of phenols is 1. The molecule has 0 bridgehead atoms. The van der Waals surface area contributed by atoms with Gasteiger partial charge in [0.25, 0.3) is 0 Å². The van der Waals surface area contributed by atoms with Gasteiger partial charge in [-0.3, -0.25) is 4.79 Å². The van der Waals surface area contributed by atoms with E-state index in [2.05, 4.69) is 10.2 Å². The van der Waals surface area contributed by atoms with Gasteiger partial charge in [-0.1, -0.05) is 6.07 Å². The molecule has 27 heavy (non-hydrogen) atoms. The van der Waals surface area contributed by atoms with Crippen molar-refractivity contribution in [2.24, 2.45) is 10.2 Å². The molecule has 0 heterocycles. The highest BCUT2D eigenvalue weighted by Gasteiger charge is 2.38. The number of amides is 1. The summed E-state index contributed by atoms with van der Waals surface area (Å²) < 4.78 is 36.4. The molecule has 142 valence electrons. The monoisotopic (exact) mass is 381 g/mol. The summed E-state index contributed by atoms with van der Waals surface area (Å²) >= 11 is 0. The van der Waals surface area contributed by atoms with E-state index in [-0.39, 0.29) is 30.0 Å². The second kappa shape index (κ2) is 8.30. The molecule has 2 aromatic carbocycles. The molecule has 0 fully saturated rings. The molecule has 0 saturated carbocycles. The molecule has 0 saturated heterocycles. The molecule has 0 atom stereocenters. The molecule has 0 aliphatic carbocycles. The van der Waals surface area contributed by atoms with Crippen LogP contribution < -0.4 is 5.32 Å². The zero-order valence-corrected chi connectivity index (χ0v) is 13.7. The average Bonchev–Trinajstić information content (AvgIpc) is 2.61. The number of alkyl halides is 3. The Labute approximate surface area is 151 Å². The largest absolute Gasteiger partial charge is 0.506 e. The lowest BCUT2D eigenvalue weighted by Gasteiger charge is -2.08. The van der Waals surface area contributed by atoms with Crippen LogP contribution in [-0.2, 0) is 11.2 Å². The number of phenolic OH excluding ortho intramolecular Hbond substituents is 1. The number of carbonyl (C=O) groups excluding carboxylic acids is 1. The number of azo groups is 1. The molecule has 1 amide bonds. The molecular weight excluding hydrogens is 367 g/mol. The standard InChI is InChI=1S/C17H14F3N3O4/c18-17(19,20)16(27)21-8-7-10-1-6-14(24)13(9-10)23-22-12-4-2-11(3-5-12)15(25)26/h1-6,9,24H,7-8H2,(H,21,27)(H,25,26). The first-order valence-corrected chi connectivity index (χ1v) is 7.59. The van der Waals surface area contributed by atoms with Crippen molar-refractivity contribution in [1.82, 2.24) is 5.32 Å². The number of hydrogen-bond donors (Lipinski definition) is 3. The molecule has 0 radical (unpaired) electrons. The van der Waals surface area contributed by atoms with E-state index in [9.17, 15) is 27.9 Å². The number of nitrogens with one attached hydrogen (secondary N) is 1. The van der Waals surface area contributed by atoms with E-state index >= 15 is 0 Å². The van der Waals surface area contributed by atoms with Gasteiger partial charge in [0.2, 0.25) is 0 Å². The molecule has 2 aromatic rings. The predicted molar refractivity (Wildman–Crippen MR) is 88.5 cm³/mol. The molecule has 3 N–H and O–H groups in total. The first-order valence-electron chi connectivity index (χ1n) is 7.59. The Morgan fingerprint density at radius 2 is 1.70 bits per heavy atom. The zero-order valence-electron chi connectivity index (χ0n) is 13.7. The van der Waals surface area contributed by atoms with Crippen molar-refractivity contribution in [2.75, 3.05) is 6.54 Å². The van der Waals surface area contributed by atoms with E-state index < -0.39 is 18.1 Å². The van der Waals surface area contributed by atoms with Crippen LogP contribution in [0.4, 0.5) is 24.5 Å². The SMILES string of the molecule is O=C(O)c1ccc(N=Nc2cc(CCNC(=O)C(F)(F)F)ccc2O)cc1. The fraction of sp³-hybridized carbons (Fsp3) is 0.176. The maximum atomic E-state index is 12.1. The summed E-state index contributed by atoms with van der Waals surface area (Å²) in [7, 11) is 0. The first kappa shape index (κ1) is 19.9. The Bertz CT molecular complexity index is 865. The summed E-state index contributed by atoms with van der Waals surface area (Å²) in [6.45, 7) is -0.240. The van der Waals surface area contributed by atoms with Crippen LogP contribution >= 0.6 is 0 Å². The van der Waals surface area contributed by atoms with Crippen LogP contribution in [0, 0.1) is 0 Å². The van der Waals surface area contributed by atoms with Crippen molar-refractivity contribution in [2.45, 2.75) is 12.6 Å². The Kier molecular flexibility index (Phi) is 6.11. The number of halogens is 3. The van der Waals surface area contributed by atoms with Crippen LogP contribution in [-0.4, -0.2) is 34.8 Å². The molecular formula is C17H14F3N3O4. The van der Waals surface area contributed by atoms with Crippen molar-refractivity contribution in [3.8, 4) is 5.75 Å². The van der Waals surface area contributed by atoms with E-state index in [1.807, 2.05) is 0 Å². The number of aromatic carboxylic acids is 1. The van der Waals surface area contributed by atoms with Crippen molar-refractivity contribution >= 4 is 23.3 Å². The second-order valence-electron chi connectivity index (χ2n) is 5.38. The molecule has 0 spiro atoms. The van der Waals surface area contributed by atoms with Crippen LogP contribution in [0.15, 0.2) is 52.7 Å². The van der Waals surface area contributed by atoms with Gasteiger partial charge in [0, 0.05) is 6.54 Å². The quantitative estimate of drug-likeness (QED) is 0.662. The number of hydrogen-bond acceptors (Lipinski definition) is 5. The highest BCUT2D eigenvalue weighted by atomic mass is 19.4. The van der Waals surface area contributed by atoms with Crippen LogP contribution in [0.3, 0.4) is 0 Å². The molecule has 2 rings (SSSR count). The smallest absolute Gasteiger partial charge is 0.471 e. The number of aromatic hydroxyl groups is 1. The van der Waals surface area contributed by atoms with Crippen LogP contribution in [0.5, 0.6) is 5.75 Å². The van der Waals surface area contributed by atoms with Gasteiger partial charge in [0.1, 0.15) is 11.4 Å². The summed E-state index contributed by atoms with van der Waals surface area (Å²) in [6.07, 6.45) is -4.84. The third-order valence-electron chi connectivity index (χ3n) is 3.38. The van der Waals surface area contributed by atoms with E-state index in [0.29, 0.717) is 11.3 Å². The third kappa shape index (κ3) is 5.80. The third-order valence-corrected chi connectivity index (χ3v) is 3.38. The lowest BCUT2D eigenvalue weighted by Crippen LogP contribution is -2.37. The molecule has 7 nitrogen and oxygen atoms in total. The highest BCUT2D eigenvalue weighted by molar-refractivity contribution is 5.87. The summed E-state index contributed by atoms with van der Waals surface area (Å²) in [6, 6.07) is 9.76. The molecule has 10 heteroatoms. The summed E-state index contributed by atoms with van der Waals surface area (Å²) in [5.74, 6) is -3.29. The van der Waals surface area contributed by atoms with Crippen LogP contribution in [0.25, 0.3) is 0 Å². The van der Waals surface area contributed by atoms with E-state index in [0.717, 1.165) is 0 Å². The van der Waals surface area contributed by atoms with Gasteiger partial charge in [-0.15, -0.1) is 5.11 Å². The van der Waals surface area contributed by atoms with Crippen molar-refractivity contribution in [3.63, 3.8) is 0 Å². The number of benzene rings is 2. The van der Waals surface area contributed by atoms with Gasteiger partial charge in [0.15, 0.2) is 0 Å². The number of carboxylic acids is 1. The number of nitrogens with zero attached hydrogens (tertiary/aromatic N) is 2. The van der Waals surface area contributed by atoms with Crippen molar-refractivity contribution in [3.05, 3.63) is 53.6 Å². The zero-order chi connectivity index (χ0) is 20.0. The van der Waals surface area contributed by atoms with Crippen molar-refractivity contribution in [1.29, 1.82) is 0 Å². The Morgan fingerprint density at radius 3 is 2.30 bits per heavy atom. The van der Waals surface area contributed by atoms with Gasteiger partial charge in [-0.2, -0.15) is 18.3 Å². The van der Waals surface area contributed by atoms with Crippen molar-refractivity contribution < 1.29 is 33.0 Å². The predicted octanol–water partition coefficient (Wildman–Crippen LogP) is 3.73. The highest BCUT2D eigenvalue weighted by Crippen LogP contribution is 2.29. The normalized spacial score (nSPS) is 11.5. The molecule has 0 unspecified atom stereocenters. The molecule has 0 aromatic heterocycles. The first-order chi connectivity index (χ1) is 12.7. The minimum absolute atomic E-state index is 0.0805. The number of rotatable bonds is 6. The second-order valence-corrected chi connectivity index (χ2v) is 5.38. The van der Waals surface area contributed by atoms with E-state index in [1.165, 1.54) is 42.5 Å². The lowest BCUT2D eigenvalue weighted by atomic mass is 10.1. The average molecular weight is 381 g/mol. The summed E-state index contributed by atoms with van der Waals surface area (Å²) in [5.41, 5.74) is 1.05. The Balaban J connectivity index is 2.04. The number of carboxylic acid groups (broad SMARTS) is 1. The Hall–Kier alpha value is -3.43. The van der Waals surface area contributed by atoms with Gasteiger partial charge in [-0.25, -0.2) is 4.79 Å². The van der Waals surface area contributed by atoms with Gasteiger partial charge >= 0.3 is 18.1 Å². The maximum Gasteiger partial charge on any atom is 0.471 e. The lowest BCUT2D eigenvalue weighted by molar-refractivity contribution is -0.173. The van der Waals surface area contributed by atoms with Gasteiger partial charge < -0.3 is 15.5 Å². The van der Waals surface area contributed by atoms with E-state index in [1.54, 1.807) is 5.32 Å². The summed E-state index contributed by atoms with van der Waals surface area (Å²) in [4.78, 5) is 21.5. The number of carbonyl (C=O) groups is 2. The van der Waals surface area contributed by atoms with Crippen LogP contribution in [0.1, 0.15) is 15.9 Å². The van der Waals surface area contributed by atoms with Gasteiger partial charge in [-0.05, 0) is 48.4 Å². The van der Waals surface area contributed by atoms with E-state index in [4.69, 9.17) is 5.11 Å². The Morgan fingerprint density at radius 1 is 1.04 bits per heavy atom. The minimum atomic E-state index is -4.94. The summed E-state index contributed by atoms with van der Waals surface area (Å²) in [5, 5.41) is 28.1. The fourth-order valence-electron chi connectivity index (χ4n) is 2.01. The minimum Gasteiger partial charge on any atom is -0.506 e. The van der Waals surface area contributed by atoms with Gasteiger partial charge in [0.05, 0.1) is 11.3 Å². The molecule has 0 aliphatic heterocycles. The van der Waals surface area contributed by atoms with Crippen LogP contribution in [0.2, 0.25) is 0 Å². The molecule has 0 aliphatic rings. The topological polar surface area (TPSA) is 111 Å². The fourth-order valence-corrected chi connectivity index (χ4v) is 2.01.